The van der Waals surface area contributed by atoms with Gasteiger partial charge in [-0.1, -0.05) is 48.5 Å². The van der Waals surface area contributed by atoms with E-state index in [1.165, 1.54) is 13.0 Å². The van der Waals surface area contributed by atoms with Gasteiger partial charge in [-0.2, -0.15) is 0 Å². The molecule has 2 rings (SSSR count). The SMILES string of the molecule is C[C@H](NC(=O)c1cccc(Cl)c1Cl)C(=O)NC1(C(N)=O)CCCCC1. The van der Waals surface area contributed by atoms with E-state index < -0.39 is 29.3 Å². The van der Waals surface area contributed by atoms with E-state index >= 15 is 0 Å². The summed E-state index contributed by atoms with van der Waals surface area (Å²) < 4.78 is 0. The fraction of sp³-hybridized carbons (Fsp3) is 0.471. The smallest absolute Gasteiger partial charge is 0.253 e. The molecule has 1 fully saturated rings. The molecule has 0 bridgehead atoms. The number of amides is 3. The molecule has 136 valence electrons. The summed E-state index contributed by atoms with van der Waals surface area (Å²) in [5.41, 5.74) is 4.64. The molecular formula is C17H21Cl2N3O3. The van der Waals surface area contributed by atoms with Crippen LogP contribution >= 0.6 is 23.2 Å². The normalized spacial score (nSPS) is 17.4. The van der Waals surface area contributed by atoms with Gasteiger partial charge < -0.3 is 16.4 Å². The van der Waals surface area contributed by atoms with Crippen LogP contribution in [-0.2, 0) is 9.59 Å². The first-order valence-electron chi connectivity index (χ1n) is 8.13. The first-order chi connectivity index (χ1) is 11.8. The van der Waals surface area contributed by atoms with Crippen LogP contribution in [-0.4, -0.2) is 29.3 Å². The van der Waals surface area contributed by atoms with Crippen LogP contribution in [0.2, 0.25) is 10.0 Å². The highest BCUT2D eigenvalue weighted by Crippen LogP contribution is 2.28. The van der Waals surface area contributed by atoms with Gasteiger partial charge in [-0.05, 0) is 31.9 Å². The third-order valence-electron chi connectivity index (χ3n) is 4.48. The highest BCUT2D eigenvalue weighted by Gasteiger charge is 2.40. The fourth-order valence-corrected chi connectivity index (χ4v) is 3.34. The quantitative estimate of drug-likeness (QED) is 0.724. The zero-order valence-electron chi connectivity index (χ0n) is 13.9. The summed E-state index contributed by atoms with van der Waals surface area (Å²) in [6.45, 7) is 1.53. The number of benzene rings is 1. The molecule has 1 aromatic rings. The summed E-state index contributed by atoms with van der Waals surface area (Å²) in [6, 6.07) is 3.81. The minimum atomic E-state index is -1.04. The molecule has 1 aliphatic carbocycles. The van der Waals surface area contributed by atoms with Gasteiger partial charge in [-0.25, -0.2) is 0 Å². The molecule has 25 heavy (non-hydrogen) atoms. The van der Waals surface area contributed by atoms with Crippen molar-refractivity contribution < 1.29 is 14.4 Å². The highest BCUT2D eigenvalue weighted by atomic mass is 35.5. The number of carbonyl (C=O) groups excluding carboxylic acids is 3. The Morgan fingerprint density at radius 2 is 1.80 bits per heavy atom. The van der Waals surface area contributed by atoms with E-state index in [1.807, 2.05) is 0 Å². The first-order valence-corrected chi connectivity index (χ1v) is 8.89. The maximum Gasteiger partial charge on any atom is 0.253 e. The lowest BCUT2D eigenvalue weighted by Gasteiger charge is -2.35. The van der Waals surface area contributed by atoms with Gasteiger partial charge in [-0.15, -0.1) is 0 Å². The Morgan fingerprint density at radius 3 is 2.40 bits per heavy atom. The molecule has 1 atom stereocenters. The van der Waals surface area contributed by atoms with Crippen LogP contribution in [0, 0.1) is 0 Å². The number of primary amides is 1. The minimum absolute atomic E-state index is 0.121. The molecule has 1 aromatic carbocycles. The van der Waals surface area contributed by atoms with Crippen molar-refractivity contribution in [2.75, 3.05) is 0 Å². The largest absolute Gasteiger partial charge is 0.368 e. The van der Waals surface area contributed by atoms with Crippen LogP contribution in [0.5, 0.6) is 0 Å². The van der Waals surface area contributed by atoms with Crippen LogP contribution in [0.3, 0.4) is 0 Å². The lowest BCUT2D eigenvalue weighted by molar-refractivity contribution is -0.133. The van der Waals surface area contributed by atoms with Crippen molar-refractivity contribution in [1.29, 1.82) is 0 Å². The van der Waals surface area contributed by atoms with Crippen LogP contribution < -0.4 is 16.4 Å². The molecule has 0 spiro atoms. The Balaban J connectivity index is 2.05. The molecule has 3 amide bonds. The van der Waals surface area contributed by atoms with Crippen LogP contribution in [0.4, 0.5) is 0 Å². The lowest BCUT2D eigenvalue weighted by Crippen LogP contribution is -2.61. The molecule has 0 saturated heterocycles. The number of rotatable bonds is 5. The van der Waals surface area contributed by atoms with Crippen molar-refractivity contribution in [1.82, 2.24) is 10.6 Å². The van der Waals surface area contributed by atoms with Crippen LogP contribution in [0.25, 0.3) is 0 Å². The Hall–Kier alpha value is -1.79. The number of hydrogen-bond acceptors (Lipinski definition) is 3. The number of carbonyl (C=O) groups is 3. The summed E-state index contributed by atoms with van der Waals surface area (Å²) >= 11 is 11.9. The number of nitrogens with two attached hydrogens (primary N) is 1. The zero-order chi connectivity index (χ0) is 18.6. The monoisotopic (exact) mass is 385 g/mol. The van der Waals surface area contributed by atoms with Crippen molar-refractivity contribution in [3.8, 4) is 0 Å². The average Bonchev–Trinajstić information content (AvgIpc) is 2.57. The highest BCUT2D eigenvalue weighted by molar-refractivity contribution is 6.43. The van der Waals surface area contributed by atoms with Gasteiger partial charge in [0.1, 0.15) is 11.6 Å². The maximum absolute atomic E-state index is 12.4. The standard InChI is InChI=1S/C17H21Cl2N3O3/c1-10(21-15(24)11-6-5-7-12(18)13(11)19)14(23)22-17(16(20)25)8-3-2-4-9-17/h5-7,10H,2-4,8-9H2,1H3,(H2,20,25)(H,21,24)(H,22,23)/t10-/m0/s1. The Morgan fingerprint density at radius 1 is 1.16 bits per heavy atom. The second-order valence-corrected chi connectivity index (χ2v) is 7.08. The van der Waals surface area contributed by atoms with E-state index in [2.05, 4.69) is 10.6 Å². The van der Waals surface area contributed by atoms with Gasteiger partial charge in [0.15, 0.2) is 0 Å². The second-order valence-electron chi connectivity index (χ2n) is 6.29. The van der Waals surface area contributed by atoms with Gasteiger partial charge in [0.2, 0.25) is 11.8 Å². The molecule has 0 unspecified atom stereocenters. The molecule has 1 saturated carbocycles. The first kappa shape index (κ1) is 19.5. The summed E-state index contributed by atoms with van der Waals surface area (Å²) in [7, 11) is 0. The molecule has 0 aliphatic heterocycles. The molecule has 0 heterocycles. The molecular weight excluding hydrogens is 365 g/mol. The van der Waals surface area contributed by atoms with Crippen LogP contribution in [0.15, 0.2) is 18.2 Å². The average molecular weight is 386 g/mol. The number of halogens is 2. The summed E-state index contributed by atoms with van der Waals surface area (Å²) in [5, 5.41) is 5.66. The third-order valence-corrected chi connectivity index (χ3v) is 5.30. The van der Waals surface area contributed by atoms with Crippen molar-refractivity contribution in [3.63, 3.8) is 0 Å². The Labute approximate surface area is 156 Å². The molecule has 4 N–H and O–H groups in total. The summed E-state index contributed by atoms with van der Waals surface area (Å²) in [5.74, 6) is -1.53. The topological polar surface area (TPSA) is 101 Å². The van der Waals surface area contributed by atoms with Crippen molar-refractivity contribution in [3.05, 3.63) is 33.8 Å². The predicted molar refractivity (Wildman–Crippen MR) is 96.5 cm³/mol. The third kappa shape index (κ3) is 4.44. The fourth-order valence-electron chi connectivity index (χ4n) is 2.95. The second kappa shape index (κ2) is 8.06. The molecule has 6 nitrogen and oxygen atoms in total. The van der Waals surface area contributed by atoms with Gasteiger partial charge in [0.05, 0.1) is 15.6 Å². The Kier molecular flexibility index (Phi) is 6.30. The van der Waals surface area contributed by atoms with E-state index in [0.717, 1.165) is 19.3 Å². The molecule has 1 aliphatic rings. The van der Waals surface area contributed by atoms with Crippen molar-refractivity contribution in [2.24, 2.45) is 5.73 Å². The minimum Gasteiger partial charge on any atom is -0.368 e. The number of nitrogens with one attached hydrogen (secondary N) is 2. The van der Waals surface area contributed by atoms with Gasteiger partial charge in [0, 0.05) is 0 Å². The number of hydrogen-bond donors (Lipinski definition) is 3. The molecule has 0 radical (unpaired) electrons. The lowest BCUT2D eigenvalue weighted by atomic mass is 9.81. The van der Waals surface area contributed by atoms with E-state index in [0.29, 0.717) is 12.8 Å². The maximum atomic E-state index is 12.4. The summed E-state index contributed by atoms with van der Waals surface area (Å²) in [6.07, 6.45) is 3.67. The van der Waals surface area contributed by atoms with Gasteiger partial charge in [0.25, 0.3) is 5.91 Å². The van der Waals surface area contributed by atoms with E-state index in [9.17, 15) is 14.4 Å². The molecule has 8 heteroatoms. The van der Waals surface area contributed by atoms with E-state index in [1.54, 1.807) is 12.1 Å². The summed E-state index contributed by atoms with van der Waals surface area (Å²) in [4.78, 5) is 36.6. The van der Waals surface area contributed by atoms with Crippen molar-refractivity contribution >= 4 is 40.9 Å². The Bertz CT molecular complexity index is 688. The van der Waals surface area contributed by atoms with Crippen molar-refractivity contribution in [2.45, 2.75) is 50.6 Å². The molecule has 0 aromatic heterocycles. The van der Waals surface area contributed by atoms with Gasteiger partial charge in [-0.3, -0.25) is 14.4 Å². The van der Waals surface area contributed by atoms with Gasteiger partial charge >= 0.3 is 0 Å². The zero-order valence-corrected chi connectivity index (χ0v) is 15.4. The van der Waals surface area contributed by atoms with E-state index in [4.69, 9.17) is 28.9 Å². The van der Waals surface area contributed by atoms with Crippen LogP contribution in [0.1, 0.15) is 49.4 Å². The van der Waals surface area contributed by atoms with E-state index in [-0.39, 0.29) is 15.6 Å². The predicted octanol–water partition coefficient (Wildman–Crippen LogP) is 2.42.